The SMILES string of the molecule is Cl.NC(=O)C[C@H](NC(=O)c1csc(SCC(=O)NCC2CN(Cc3ccc(Cl)c(Cl)c3)CCO2)n1)C(=O)O. The fourth-order valence-electron chi connectivity index (χ4n) is 3.41. The van der Waals surface area contributed by atoms with E-state index in [-0.39, 0.29) is 35.9 Å². The summed E-state index contributed by atoms with van der Waals surface area (Å²) in [6.07, 6.45) is -0.700. The Morgan fingerprint density at radius 2 is 2.05 bits per heavy atom. The van der Waals surface area contributed by atoms with Crippen molar-refractivity contribution in [1.82, 2.24) is 20.5 Å². The van der Waals surface area contributed by atoms with Crippen molar-refractivity contribution in [3.8, 4) is 0 Å². The number of carbonyl (C=O) groups is 4. The zero-order chi connectivity index (χ0) is 26.9. The molecule has 16 heteroatoms. The molecular formula is C22H26Cl3N5O6S2. The Hall–Kier alpha value is -2.13. The topological polar surface area (TPSA) is 164 Å². The minimum atomic E-state index is -1.45. The summed E-state index contributed by atoms with van der Waals surface area (Å²) >= 11 is 14.4. The maximum atomic E-state index is 12.3. The third-order valence-electron chi connectivity index (χ3n) is 5.19. The van der Waals surface area contributed by atoms with Crippen LogP contribution in [0.4, 0.5) is 0 Å². The molecule has 1 aromatic carbocycles. The van der Waals surface area contributed by atoms with E-state index in [4.69, 9.17) is 38.8 Å². The number of morpholine rings is 1. The molecular weight excluding hydrogens is 601 g/mol. The van der Waals surface area contributed by atoms with E-state index in [0.717, 1.165) is 35.2 Å². The Bertz CT molecular complexity index is 1150. The molecule has 0 bridgehead atoms. The van der Waals surface area contributed by atoms with Gasteiger partial charge in [-0.2, -0.15) is 0 Å². The highest BCUT2D eigenvalue weighted by atomic mass is 35.5. The average molecular weight is 627 g/mol. The van der Waals surface area contributed by atoms with E-state index in [1.807, 2.05) is 12.1 Å². The number of ether oxygens (including phenoxy) is 1. The zero-order valence-corrected chi connectivity index (χ0v) is 23.8. The number of amides is 3. The molecule has 0 saturated carbocycles. The molecule has 11 nitrogen and oxygen atoms in total. The standard InChI is InChI=1S/C22H25Cl2N5O6S2.ClH/c23-14-2-1-12(5-15(14)24)8-29-3-4-35-13(9-29)7-26-19(31)11-37-22-28-17(10-36-22)20(32)27-16(21(33)34)6-18(25)30;/h1-2,5,10,13,16H,3-4,6-9,11H2,(H2,25,30)(H,26,31)(H,27,32)(H,33,34);1H/t13?,16-;/m0./s1. The highest BCUT2D eigenvalue weighted by Crippen LogP contribution is 2.24. The van der Waals surface area contributed by atoms with Crippen molar-refractivity contribution < 1.29 is 29.0 Å². The number of thioether (sulfide) groups is 1. The molecule has 0 aliphatic carbocycles. The summed E-state index contributed by atoms with van der Waals surface area (Å²) in [6, 6.07) is 4.09. The Kier molecular flexibility index (Phi) is 13.1. The number of benzene rings is 1. The van der Waals surface area contributed by atoms with Crippen LogP contribution in [0.3, 0.4) is 0 Å². The lowest BCUT2D eigenvalue weighted by molar-refractivity contribution is -0.141. The number of rotatable bonds is 12. The van der Waals surface area contributed by atoms with Gasteiger partial charge >= 0.3 is 5.97 Å². The lowest BCUT2D eigenvalue weighted by Gasteiger charge is -2.33. The number of carboxylic acids is 1. The van der Waals surface area contributed by atoms with Gasteiger partial charge in [-0.1, -0.05) is 41.0 Å². The van der Waals surface area contributed by atoms with Gasteiger partial charge in [-0.25, -0.2) is 9.78 Å². The Morgan fingerprint density at radius 1 is 1.29 bits per heavy atom. The summed E-state index contributed by atoms with van der Waals surface area (Å²) in [7, 11) is 0. The molecule has 0 spiro atoms. The maximum Gasteiger partial charge on any atom is 0.326 e. The minimum absolute atomic E-state index is 0. The van der Waals surface area contributed by atoms with Crippen LogP contribution in [0.5, 0.6) is 0 Å². The summed E-state index contributed by atoms with van der Waals surface area (Å²) in [5.74, 6) is -3.13. The molecule has 1 unspecified atom stereocenters. The van der Waals surface area contributed by atoms with Crippen LogP contribution in [-0.4, -0.2) is 82.8 Å². The Labute approximate surface area is 243 Å². The summed E-state index contributed by atoms with van der Waals surface area (Å²) in [5.41, 5.74) is 6.04. The quantitative estimate of drug-likeness (QED) is 0.258. The number of hydrogen-bond donors (Lipinski definition) is 4. The molecule has 1 aliphatic rings. The molecule has 1 aliphatic heterocycles. The first-order valence-electron chi connectivity index (χ1n) is 11.1. The molecule has 5 N–H and O–H groups in total. The Balaban J connectivity index is 0.00000507. The second-order valence-electron chi connectivity index (χ2n) is 8.10. The number of carbonyl (C=O) groups excluding carboxylic acids is 3. The number of halogens is 3. The van der Waals surface area contributed by atoms with E-state index in [1.54, 1.807) is 6.07 Å². The van der Waals surface area contributed by atoms with Crippen molar-refractivity contribution >= 4 is 82.4 Å². The highest BCUT2D eigenvalue weighted by Gasteiger charge is 2.24. The lowest BCUT2D eigenvalue weighted by atomic mass is 10.2. The van der Waals surface area contributed by atoms with Crippen molar-refractivity contribution in [2.24, 2.45) is 5.73 Å². The molecule has 2 atom stereocenters. The van der Waals surface area contributed by atoms with Gasteiger partial charge in [0.15, 0.2) is 4.34 Å². The van der Waals surface area contributed by atoms with Gasteiger partial charge in [0.1, 0.15) is 11.7 Å². The van der Waals surface area contributed by atoms with Crippen LogP contribution >= 0.6 is 58.7 Å². The second-order valence-corrected chi connectivity index (χ2v) is 11.0. The third-order valence-corrected chi connectivity index (χ3v) is 7.95. The van der Waals surface area contributed by atoms with E-state index in [9.17, 15) is 19.2 Å². The third kappa shape index (κ3) is 10.2. The average Bonchev–Trinajstić information content (AvgIpc) is 3.32. The summed E-state index contributed by atoms with van der Waals surface area (Å²) in [4.78, 5) is 53.1. The molecule has 3 amide bonds. The van der Waals surface area contributed by atoms with Crippen molar-refractivity contribution in [2.45, 2.75) is 29.5 Å². The van der Waals surface area contributed by atoms with Crippen LogP contribution < -0.4 is 16.4 Å². The van der Waals surface area contributed by atoms with Crippen LogP contribution in [0.1, 0.15) is 22.5 Å². The number of primary amides is 1. The number of aliphatic carboxylic acids is 1. The van der Waals surface area contributed by atoms with Gasteiger partial charge in [-0.05, 0) is 17.7 Å². The number of nitrogens with one attached hydrogen (secondary N) is 2. The van der Waals surface area contributed by atoms with E-state index in [2.05, 4.69) is 20.5 Å². The largest absolute Gasteiger partial charge is 0.480 e. The van der Waals surface area contributed by atoms with Crippen LogP contribution in [0.2, 0.25) is 10.0 Å². The summed E-state index contributed by atoms with van der Waals surface area (Å²) in [6.45, 7) is 2.99. The first kappa shape index (κ1) is 32.1. The molecule has 2 heterocycles. The van der Waals surface area contributed by atoms with Gasteiger partial charge in [-0.15, -0.1) is 23.7 Å². The Morgan fingerprint density at radius 3 is 2.74 bits per heavy atom. The zero-order valence-electron chi connectivity index (χ0n) is 19.9. The first-order chi connectivity index (χ1) is 17.6. The number of aromatic nitrogens is 1. The molecule has 1 fully saturated rings. The van der Waals surface area contributed by atoms with E-state index >= 15 is 0 Å². The summed E-state index contributed by atoms with van der Waals surface area (Å²) < 4.78 is 6.23. The molecule has 1 saturated heterocycles. The molecule has 208 valence electrons. The van der Waals surface area contributed by atoms with Crippen molar-refractivity contribution in [3.05, 3.63) is 44.9 Å². The van der Waals surface area contributed by atoms with Crippen LogP contribution in [-0.2, 0) is 25.7 Å². The predicted molar refractivity (Wildman–Crippen MR) is 147 cm³/mol. The van der Waals surface area contributed by atoms with Crippen molar-refractivity contribution in [3.63, 3.8) is 0 Å². The van der Waals surface area contributed by atoms with Gasteiger partial charge in [0, 0.05) is 31.6 Å². The maximum absolute atomic E-state index is 12.3. The van der Waals surface area contributed by atoms with E-state index < -0.39 is 30.2 Å². The predicted octanol–water partition coefficient (Wildman–Crippen LogP) is 2.04. The fraction of sp³-hybridized carbons (Fsp3) is 0.409. The molecule has 1 aromatic heterocycles. The van der Waals surface area contributed by atoms with Crippen LogP contribution in [0.15, 0.2) is 27.9 Å². The molecule has 0 radical (unpaired) electrons. The normalized spacial score (nSPS) is 16.2. The number of nitrogens with two attached hydrogens (primary N) is 1. The van der Waals surface area contributed by atoms with E-state index in [1.165, 1.54) is 5.38 Å². The number of carboxylic acid groups (broad SMARTS) is 1. The lowest BCUT2D eigenvalue weighted by Crippen LogP contribution is -2.47. The molecule has 2 aromatic rings. The minimum Gasteiger partial charge on any atom is -0.480 e. The monoisotopic (exact) mass is 625 g/mol. The smallest absolute Gasteiger partial charge is 0.326 e. The second kappa shape index (κ2) is 15.5. The number of thiazole rings is 1. The fourth-order valence-corrected chi connectivity index (χ4v) is 5.37. The highest BCUT2D eigenvalue weighted by molar-refractivity contribution is 8.01. The molecule has 38 heavy (non-hydrogen) atoms. The van der Waals surface area contributed by atoms with Gasteiger partial charge in [0.05, 0.1) is 34.9 Å². The van der Waals surface area contributed by atoms with Crippen LogP contribution in [0.25, 0.3) is 0 Å². The van der Waals surface area contributed by atoms with Crippen LogP contribution in [0, 0.1) is 0 Å². The number of nitrogens with zero attached hydrogens (tertiary/aromatic N) is 2. The van der Waals surface area contributed by atoms with Crippen molar-refractivity contribution in [1.29, 1.82) is 0 Å². The summed E-state index contributed by atoms with van der Waals surface area (Å²) in [5, 5.41) is 16.6. The van der Waals surface area contributed by atoms with E-state index in [0.29, 0.717) is 40.6 Å². The first-order valence-corrected chi connectivity index (χ1v) is 13.7. The van der Waals surface area contributed by atoms with Gasteiger partial charge in [0.2, 0.25) is 11.8 Å². The van der Waals surface area contributed by atoms with Crippen molar-refractivity contribution in [2.75, 3.05) is 32.0 Å². The van der Waals surface area contributed by atoms with Gasteiger partial charge in [0.25, 0.3) is 5.91 Å². The van der Waals surface area contributed by atoms with Gasteiger partial charge in [-0.3, -0.25) is 19.3 Å². The van der Waals surface area contributed by atoms with Gasteiger partial charge < -0.3 is 26.2 Å². The number of hydrogen-bond acceptors (Lipinski definition) is 9. The molecule has 3 rings (SSSR count).